The van der Waals surface area contributed by atoms with Crippen molar-refractivity contribution in [1.82, 2.24) is 5.32 Å². The van der Waals surface area contributed by atoms with Gasteiger partial charge in [-0.15, -0.1) is 0 Å². The van der Waals surface area contributed by atoms with Gasteiger partial charge in [0.15, 0.2) is 11.5 Å². The number of ether oxygens (including phenoxy) is 3. The fourth-order valence-corrected chi connectivity index (χ4v) is 2.96. The molecule has 1 saturated heterocycles. The molecule has 1 aromatic rings. The summed E-state index contributed by atoms with van der Waals surface area (Å²) in [4.78, 5) is 0. The number of hydrogen-bond acceptors (Lipinski definition) is 4. The summed E-state index contributed by atoms with van der Waals surface area (Å²) in [5, 5.41) is 3.59. The highest BCUT2D eigenvalue weighted by molar-refractivity contribution is 5.54. The smallest absolute Gasteiger partial charge is 0.231 e. The van der Waals surface area contributed by atoms with Gasteiger partial charge in [0.05, 0.1) is 6.61 Å². The van der Waals surface area contributed by atoms with Crippen molar-refractivity contribution in [3.05, 3.63) is 23.3 Å². The molecule has 2 aliphatic heterocycles. The van der Waals surface area contributed by atoms with Crippen LogP contribution in [0.2, 0.25) is 0 Å². The Labute approximate surface area is 107 Å². The van der Waals surface area contributed by atoms with Crippen molar-refractivity contribution in [2.24, 2.45) is 0 Å². The average Bonchev–Trinajstić information content (AvgIpc) is 2.99. The van der Waals surface area contributed by atoms with E-state index in [1.165, 1.54) is 12.0 Å². The Morgan fingerprint density at radius 3 is 3.00 bits per heavy atom. The molecule has 0 amide bonds. The van der Waals surface area contributed by atoms with Crippen LogP contribution in [0.15, 0.2) is 12.1 Å². The predicted molar refractivity (Wildman–Crippen MR) is 67.9 cm³/mol. The number of rotatable bonds is 3. The normalized spacial score (nSPS) is 25.7. The first kappa shape index (κ1) is 11.8. The Hall–Kier alpha value is -1.26. The van der Waals surface area contributed by atoms with Crippen molar-refractivity contribution in [1.29, 1.82) is 0 Å². The van der Waals surface area contributed by atoms with Crippen molar-refractivity contribution in [3.8, 4) is 11.5 Å². The summed E-state index contributed by atoms with van der Waals surface area (Å²) < 4.78 is 16.4. The molecule has 1 unspecified atom stereocenters. The number of benzene rings is 1. The molecule has 4 nitrogen and oxygen atoms in total. The van der Waals surface area contributed by atoms with E-state index in [4.69, 9.17) is 14.2 Å². The third kappa shape index (κ3) is 1.76. The van der Waals surface area contributed by atoms with E-state index in [0.717, 1.165) is 30.0 Å². The number of hydrogen-bond donors (Lipinski definition) is 1. The number of nitrogens with one attached hydrogen (secondary N) is 1. The molecule has 1 aromatic carbocycles. The lowest BCUT2D eigenvalue weighted by Crippen LogP contribution is -2.34. The minimum atomic E-state index is 0.0227. The molecule has 0 aliphatic carbocycles. The van der Waals surface area contributed by atoms with E-state index in [2.05, 4.69) is 18.3 Å². The van der Waals surface area contributed by atoms with Gasteiger partial charge in [0.25, 0.3) is 0 Å². The molecule has 2 aliphatic rings. The molecule has 18 heavy (non-hydrogen) atoms. The lowest BCUT2D eigenvalue weighted by Gasteiger charge is -2.28. The van der Waals surface area contributed by atoms with Crippen LogP contribution in [0.4, 0.5) is 0 Å². The summed E-state index contributed by atoms with van der Waals surface area (Å²) in [6.45, 7) is 4.17. The van der Waals surface area contributed by atoms with Gasteiger partial charge in [-0.05, 0) is 37.9 Å². The summed E-state index contributed by atoms with van der Waals surface area (Å²) in [6.07, 6.45) is 2.35. The topological polar surface area (TPSA) is 39.7 Å². The van der Waals surface area contributed by atoms with Gasteiger partial charge in [0.2, 0.25) is 6.79 Å². The van der Waals surface area contributed by atoms with Gasteiger partial charge in [-0.1, -0.05) is 6.07 Å². The van der Waals surface area contributed by atoms with E-state index in [-0.39, 0.29) is 5.54 Å². The van der Waals surface area contributed by atoms with Crippen molar-refractivity contribution in [3.63, 3.8) is 0 Å². The van der Waals surface area contributed by atoms with Gasteiger partial charge >= 0.3 is 0 Å². The van der Waals surface area contributed by atoms with Gasteiger partial charge in [0.1, 0.15) is 0 Å². The van der Waals surface area contributed by atoms with Crippen molar-refractivity contribution < 1.29 is 14.2 Å². The molecule has 98 valence electrons. The molecule has 0 saturated carbocycles. The summed E-state index contributed by atoms with van der Waals surface area (Å²) >= 11 is 0. The van der Waals surface area contributed by atoms with Gasteiger partial charge in [-0.25, -0.2) is 0 Å². The maximum absolute atomic E-state index is 5.60. The van der Waals surface area contributed by atoms with E-state index in [1.807, 2.05) is 6.07 Å². The van der Waals surface area contributed by atoms with Crippen LogP contribution in [0.1, 0.15) is 30.9 Å². The van der Waals surface area contributed by atoms with E-state index in [1.54, 1.807) is 7.11 Å². The van der Waals surface area contributed by atoms with Crippen molar-refractivity contribution in [2.75, 3.05) is 20.4 Å². The lowest BCUT2D eigenvalue weighted by atomic mass is 9.86. The van der Waals surface area contributed by atoms with Crippen LogP contribution in [-0.2, 0) is 16.9 Å². The Morgan fingerprint density at radius 1 is 1.39 bits per heavy atom. The van der Waals surface area contributed by atoms with Crippen LogP contribution in [0, 0.1) is 0 Å². The first-order valence-corrected chi connectivity index (χ1v) is 6.40. The standard InChI is InChI=1S/C14H19NO3/c1-14(6-3-7-15-14)11-4-5-12-13(18-9-17-12)10(11)8-16-2/h4-5,15H,3,6-9H2,1-2H3. The molecule has 2 heterocycles. The number of methoxy groups -OCH3 is 1. The molecule has 1 atom stereocenters. The average molecular weight is 249 g/mol. The van der Waals surface area contributed by atoms with Crippen LogP contribution in [0.3, 0.4) is 0 Å². The summed E-state index contributed by atoms with van der Waals surface area (Å²) in [7, 11) is 1.71. The van der Waals surface area contributed by atoms with E-state index in [9.17, 15) is 0 Å². The third-order valence-corrected chi connectivity index (χ3v) is 3.89. The molecule has 0 spiro atoms. The highest BCUT2D eigenvalue weighted by Gasteiger charge is 2.34. The number of fused-ring (bicyclic) bond motifs is 1. The van der Waals surface area contributed by atoms with Crippen LogP contribution in [0.5, 0.6) is 11.5 Å². The second-order valence-electron chi connectivity index (χ2n) is 5.12. The molecule has 1 N–H and O–H groups in total. The van der Waals surface area contributed by atoms with Crippen LogP contribution < -0.4 is 14.8 Å². The SMILES string of the molecule is COCc1c(C2(C)CCCN2)ccc2c1OCO2. The monoisotopic (exact) mass is 249 g/mol. The van der Waals surface area contributed by atoms with E-state index < -0.39 is 0 Å². The zero-order valence-corrected chi connectivity index (χ0v) is 10.9. The predicted octanol–water partition coefficient (Wildman–Crippen LogP) is 2.16. The fourth-order valence-electron chi connectivity index (χ4n) is 2.96. The molecule has 0 radical (unpaired) electrons. The lowest BCUT2D eigenvalue weighted by molar-refractivity contribution is 0.161. The molecule has 0 bridgehead atoms. The quantitative estimate of drug-likeness (QED) is 0.891. The van der Waals surface area contributed by atoms with Crippen LogP contribution in [-0.4, -0.2) is 20.4 Å². The summed E-state index contributed by atoms with van der Waals surface area (Å²) in [5.41, 5.74) is 2.41. The zero-order valence-electron chi connectivity index (χ0n) is 10.9. The van der Waals surface area contributed by atoms with Crippen molar-refractivity contribution >= 4 is 0 Å². The second-order valence-corrected chi connectivity index (χ2v) is 5.12. The molecule has 0 aromatic heterocycles. The van der Waals surface area contributed by atoms with Gasteiger partial charge in [-0.2, -0.15) is 0 Å². The first-order chi connectivity index (χ1) is 8.74. The van der Waals surface area contributed by atoms with Gasteiger partial charge in [-0.3, -0.25) is 0 Å². The second kappa shape index (κ2) is 4.44. The molecule has 4 heteroatoms. The minimum absolute atomic E-state index is 0.0227. The van der Waals surface area contributed by atoms with Crippen LogP contribution in [0.25, 0.3) is 0 Å². The van der Waals surface area contributed by atoms with Crippen LogP contribution >= 0.6 is 0 Å². The molecular weight excluding hydrogens is 230 g/mol. The molecule has 3 rings (SSSR count). The maximum Gasteiger partial charge on any atom is 0.231 e. The minimum Gasteiger partial charge on any atom is -0.454 e. The molecular formula is C14H19NO3. The first-order valence-electron chi connectivity index (χ1n) is 6.40. The van der Waals surface area contributed by atoms with E-state index >= 15 is 0 Å². The summed E-state index contributed by atoms with van der Waals surface area (Å²) in [5.74, 6) is 1.68. The van der Waals surface area contributed by atoms with Crippen molar-refractivity contribution in [2.45, 2.75) is 31.9 Å². The fraction of sp³-hybridized carbons (Fsp3) is 0.571. The van der Waals surface area contributed by atoms with Gasteiger partial charge < -0.3 is 19.5 Å². The Kier molecular flexibility index (Phi) is 2.92. The highest BCUT2D eigenvalue weighted by Crippen LogP contribution is 2.43. The highest BCUT2D eigenvalue weighted by atomic mass is 16.7. The molecule has 1 fully saturated rings. The Morgan fingerprint density at radius 2 is 2.28 bits per heavy atom. The maximum atomic E-state index is 5.60. The summed E-state index contributed by atoms with van der Waals surface area (Å²) in [6, 6.07) is 4.14. The largest absolute Gasteiger partial charge is 0.454 e. The Bertz CT molecular complexity index is 453. The Balaban J connectivity index is 2.08. The third-order valence-electron chi connectivity index (χ3n) is 3.89. The van der Waals surface area contributed by atoms with E-state index in [0.29, 0.717) is 13.4 Å². The zero-order chi connectivity index (χ0) is 12.6. The van der Waals surface area contributed by atoms with Gasteiger partial charge in [0, 0.05) is 18.2 Å².